The fourth-order valence-corrected chi connectivity index (χ4v) is 2.84. The number of aromatic nitrogens is 3. The quantitative estimate of drug-likeness (QED) is 0.879. The summed E-state index contributed by atoms with van der Waals surface area (Å²) in [6, 6.07) is 3.47. The molecule has 2 aromatic heterocycles. The Morgan fingerprint density at radius 1 is 1.17 bits per heavy atom. The first-order valence-electron chi connectivity index (χ1n) is 8.16. The average molecular weight is 325 g/mol. The molecule has 2 saturated carbocycles. The van der Waals surface area contributed by atoms with Crippen LogP contribution in [0, 0.1) is 11.8 Å². The van der Waals surface area contributed by atoms with Crippen LogP contribution in [-0.4, -0.2) is 26.6 Å². The highest BCUT2D eigenvalue weighted by Crippen LogP contribution is 2.47. The second-order valence-electron chi connectivity index (χ2n) is 6.58. The van der Waals surface area contributed by atoms with E-state index in [4.69, 9.17) is 0 Å². The van der Waals surface area contributed by atoms with Crippen LogP contribution in [-0.2, 0) is 16.6 Å². The summed E-state index contributed by atoms with van der Waals surface area (Å²) < 4.78 is 1.75. The molecular formula is C17H19N5O2. The number of nitrogens with zero attached hydrogens (tertiary/aromatic N) is 3. The molecule has 2 heterocycles. The molecule has 2 aliphatic carbocycles. The van der Waals surface area contributed by atoms with E-state index < -0.39 is 0 Å². The summed E-state index contributed by atoms with van der Waals surface area (Å²) in [5.74, 6) is 0.930. The monoisotopic (exact) mass is 325 g/mol. The number of anilines is 2. The highest BCUT2D eigenvalue weighted by molar-refractivity contribution is 5.96. The van der Waals surface area contributed by atoms with Crippen molar-refractivity contribution in [3.63, 3.8) is 0 Å². The number of carbonyl (C=O) groups is 2. The van der Waals surface area contributed by atoms with Crippen molar-refractivity contribution in [1.82, 2.24) is 14.8 Å². The molecule has 2 aromatic rings. The average Bonchev–Trinajstić information content (AvgIpc) is 3.47. The summed E-state index contributed by atoms with van der Waals surface area (Å²) in [5, 5.41) is 9.81. The molecule has 0 unspecified atom stereocenters. The van der Waals surface area contributed by atoms with Crippen LogP contribution in [0.5, 0.6) is 0 Å². The van der Waals surface area contributed by atoms with Crippen molar-refractivity contribution in [1.29, 1.82) is 0 Å². The van der Waals surface area contributed by atoms with Gasteiger partial charge in [-0.25, -0.2) is 4.98 Å². The number of rotatable bonds is 5. The Bertz CT molecular complexity index is 779. The van der Waals surface area contributed by atoms with Gasteiger partial charge in [0.1, 0.15) is 5.82 Å². The summed E-state index contributed by atoms with van der Waals surface area (Å²) in [6.45, 7) is 0. The second-order valence-corrected chi connectivity index (χ2v) is 6.58. The first-order valence-corrected chi connectivity index (χ1v) is 8.16. The van der Waals surface area contributed by atoms with Gasteiger partial charge in [-0.05, 0) is 42.9 Å². The second kappa shape index (κ2) is 5.74. The molecule has 24 heavy (non-hydrogen) atoms. The van der Waals surface area contributed by atoms with Gasteiger partial charge in [-0.1, -0.05) is 0 Å². The number of amides is 2. The molecule has 2 atom stereocenters. The molecule has 0 saturated heterocycles. The van der Waals surface area contributed by atoms with Crippen molar-refractivity contribution in [3.05, 3.63) is 36.3 Å². The van der Waals surface area contributed by atoms with E-state index in [1.807, 2.05) is 19.4 Å². The van der Waals surface area contributed by atoms with Crippen molar-refractivity contribution in [2.45, 2.75) is 25.2 Å². The van der Waals surface area contributed by atoms with Gasteiger partial charge < -0.3 is 10.6 Å². The van der Waals surface area contributed by atoms with Crippen LogP contribution in [0.25, 0.3) is 0 Å². The first kappa shape index (κ1) is 14.9. The molecule has 7 heteroatoms. The number of pyridine rings is 1. The molecule has 0 spiro atoms. The molecule has 7 nitrogen and oxygen atoms in total. The van der Waals surface area contributed by atoms with Crippen molar-refractivity contribution in [2.75, 3.05) is 10.6 Å². The fraction of sp³-hybridized carbons (Fsp3) is 0.412. The van der Waals surface area contributed by atoms with Gasteiger partial charge in [-0.2, -0.15) is 5.10 Å². The van der Waals surface area contributed by atoms with Gasteiger partial charge in [0.2, 0.25) is 11.8 Å². The Hall–Kier alpha value is -2.70. The van der Waals surface area contributed by atoms with E-state index in [1.54, 1.807) is 23.0 Å². The van der Waals surface area contributed by atoms with Gasteiger partial charge in [0.25, 0.3) is 0 Å². The molecule has 2 N–H and O–H groups in total. The Balaban J connectivity index is 1.32. The first-order chi connectivity index (χ1) is 11.6. The van der Waals surface area contributed by atoms with E-state index >= 15 is 0 Å². The summed E-state index contributed by atoms with van der Waals surface area (Å²) >= 11 is 0. The van der Waals surface area contributed by atoms with E-state index in [1.165, 1.54) is 0 Å². The zero-order valence-corrected chi connectivity index (χ0v) is 13.4. The summed E-state index contributed by atoms with van der Waals surface area (Å²) in [5.41, 5.74) is 1.75. The SMILES string of the molecule is Cn1cc([C@H]2C[C@@H]2C(=O)Nc2ccc(NC(=O)C3CC3)nc2)cn1. The highest BCUT2D eigenvalue weighted by Gasteiger charge is 2.44. The predicted octanol–water partition coefficient (Wildman–Crippen LogP) is 1.91. The number of aryl methyl sites for hydroxylation is 1. The van der Waals surface area contributed by atoms with Gasteiger partial charge in [0.05, 0.1) is 18.1 Å². The molecule has 0 aliphatic heterocycles. The van der Waals surface area contributed by atoms with Crippen LogP contribution in [0.2, 0.25) is 0 Å². The maximum Gasteiger partial charge on any atom is 0.228 e. The molecule has 4 rings (SSSR count). The van der Waals surface area contributed by atoms with Crippen molar-refractivity contribution in [3.8, 4) is 0 Å². The lowest BCUT2D eigenvalue weighted by Crippen LogP contribution is -2.16. The van der Waals surface area contributed by atoms with Gasteiger partial charge >= 0.3 is 0 Å². The zero-order valence-electron chi connectivity index (χ0n) is 13.4. The molecule has 2 fully saturated rings. The Morgan fingerprint density at radius 2 is 2.00 bits per heavy atom. The molecule has 2 amide bonds. The van der Waals surface area contributed by atoms with Gasteiger partial charge in [0, 0.05) is 25.1 Å². The number of nitrogens with one attached hydrogen (secondary N) is 2. The zero-order chi connectivity index (χ0) is 16.7. The lowest BCUT2D eigenvalue weighted by atomic mass is 10.2. The van der Waals surface area contributed by atoms with E-state index in [0.29, 0.717) is 11.5 Å². The summed E-state index contributed by atoms with van der Waals surface area (Å²) in [7, 11) is 1.87. The Kier molecular flexibility index (Phi) is 3.55. The van der Waals surface area contributed by atoms with E-state index in [2.05, 4.69) is 20.7 Å². The minimum atomic E-state index is -0.0107. The molecule has 0 radical (unpaired) electrons. The maximum absolute atomic E-state index is 12.3. The summed E-state index contributed by atoms with van der Waals surface area (Å²) in [4.78, 5) is 28.2. The predicted molar refractivity (Wildman–Crippen MR) is 88.3 cm³/mol. The lowest BCUT2D eigenvalue weighted by Gasteiger charge is -2.06. The van der Waals surface area contributed by atoms with E-state index in [-0.39, 0.29) is 29.6 Å². The molecule has 2 aliphatic rings. The number of hydrogen-bond donors (Lipinski definition) is 2. The molecule has 124 valence electrons. The summed E-state index contributed by atoms with van der Waals surface area (Å²) in [6.07, 6.45) is 8.11. The highest BCUT2D eigenvalue weighted by atomic mass is 16.2. The normalized spacial score (nSPS) is 22.0. The van der Waals surface area contributed by atoms with Gasteiger partial charge in [0.15, 0.2) is 0 Å². The minimum Gasteiger partial charge on any atom is -0.324 e. The number of hydrogen-bond acceptors (Lipinski definition) is 4. The lowest BCUT2D eigenvalue weighted by molar-refractivity contribution is -0.118. The standard InChI is InChI=1S/C17H19N5O2/c1-22-9-11(7-19-22)13-6-14(13)17(24)20-12-4-5-15(18-8-12)21-16(23)10-2-3-10/h4-5,7-10,13-14H,2-3,6H2,1H3,(H,20,24)(H,18,21,23)/t13-,14+/m1/s1. The molecular weight excluding hydrogens is 306 g/mol. The third-order valence-corrected chi connectivity index (χ3v) is 4.51. The molecule has 0 aromatic carbocycles. The Morgan fingerprint density at radius 3 is 2.62 bits per heavy atom. The van der Waals surface area contributed by atoms with E-state index in [9.17, 15) is 9.59 Å². The maximum atomic E-state index is 12.3. The van der Waals surface area contributed by atoms with Crippen molar-refractivity contribution < 1.29 is 9.59 Å². The van der Waals surface area contributed by atoms with Crippen LogP contribution in [0.3, 0.4) is 0 Å². The third kappa shape index (κ3) is 3.15. The Labute approximate surface area is 139 Å². The van der Waals surface area contributed by atoms with Crippen LogP contribution >= 0.6 is 0 Å². The smallest absolute Gasteiger partial charge is 0.228 e. The largest absolute Gasteiger partial charge is 0.324 e. The fourth-order valence-electron chi connectivity index (χ4n) is 2.84. The van der Waals surface area contributed by atoms with Crippen LogP contribution < -0.4 is 10.6 Å². The van der Waals surface area contributed by atoms with Crippen molar-refractivity contribution in [2.24, 2.45) is 18.9 Å². The van der Waals surface area contributed by atoms with Crippen LogP contribution in [0.15, 0.2) is 30.7 Å². The van der Waals surface area contributed by atoms with E-state index in [0.717, 1.165) is 24.8 Å². The van der Waals surface area contributed by atoms with Gasteiger partial charge in [-0.3, -0.25) is 14.3 Å². The molecule has 0 bridgehead atoms. The van der Waals surface area contributed by atoms with Crippen molar-refractivity contribution >= 4 is 23.3 Å². The van der Waals surface area contributed by atoms with Crippen LogP contribution in [0.4, 0.5) is 11.5 Å². The van der Waals surface area contributed by atoms with Gasteiger partial charge in [-0.15, -0.1) is 0 Å². The minimum absolute atomic E-state index is 0.000388. The number of carbonyl (C=O) groups excluding carboxylic acids is 2. The third-order valence-electron chi connectivity index (χ3n) is 4.51. The topological polar surface area (TPSA) is 88.9 Å². The van der Waals surface area contributed by atoms with Crippen LogP contribution in [0.1, 0.15) is 30.7 Å².